The standard InChI is InChI=1S/C3H10N4/c1-4-6-7(3)5-2/h4,6H,2H2,1,3H3. The van der Waals surface area contributed by atoms with Crippen molar-refractivity contribution < 1.29 is 0 Å². The molecule has 0 aromatic rings. The van der Waals surface area contributed by atoms with Gasteiger partial charge in [0.05, 0.1) is 0 Å². The Hall–Kier alpha value is -0.610. The van der Waals surface area contributed by atoms with Gasteiger partial charge in [0.25, 0.3) is 0 Å². The zero-order valence-electron chi connectivity index (χ0n) is 4.60. The Morgan fingerprint density at radius 1 is 1.71 bits per heavy atom. The second kappa shape index (κ2) is 3.58. The van der Waals surface area contributed by atoms with E-state index in [2.05, 4.69) is 22.8 Å². The van der Waals surface area contributed by atoms with Gasteiger partial charge in [0, 0.05) is 20.8 Å². The van der Waals surface area contributed by atoms with Crippen molar-refractivity contribution in [3.05, 3.63) is 0 Å². The normalized spacial score (nSPS) is 8.29. The summed E-state index contributed by atoms with van der Waals surface area (Å²) in [7, 11) is 3.49. The van der Waals surface area contributed by atoms with Crippen LogP contribution in [0.25, 0.3) is 0 Å². The maximum Gasteiger partial charge on any atom is 0.0435 e. The fourth-order valence-electron chi connectivity index (χ4n) is 0.197. The molecular weight excluding hydrogens is 92.1 g/mol. The molecule has 0 rings (SSSR count). The minimum Gasteiger partial charge on any atom is -0.241 e. The van der Waals surface area contributed by atoms with Crippen molar-refractivity contribution in [1.29, 1.82) is 0 Å². The van der Waals surface area contributed by atoms with E-state index < -0.39 is 0 Å². The number of hydrogen-bond acceptors (Lipinski definition) is 4. The predicted octanol–water partition coefficient (Wildman–Crippen LogP) is -0.827. The van der Waals surface area contributed by atoms with Crippen LogP contribution in [0.15, 0.2) is 5.10 Å². The van der Waals surface area contributed by atoms with Crippen molar-refractivity contribution in [3.8, 4) is 0 Å². The Morgan fingerprint density at radius 2 is 2.29 bits per heavy atom. The van der Waals surface area contributed by atoms with E-state index in [1.54, 1.807) is 14.1 Å². The van der Waals surface area contributed by atoms with Gasteiger partial charge in [-0.25, -0.2) is 10.5 Å². The number of hydrazone groups is 1. The molecule has 0 saturated heterocycles. The SMILES string of the molecule is C=NN(C)NNC. The predicted molar refractivity (Wildman–Crippen MR) is 29.5 cm³/mol. The van der Waals surface area contributed by atoms with Crippen molar-refractivity contribution in [1.82, 2.24) is 16.1 Å². The monoisotopic (exact) mass is 102 g/mol. The number of rotatable bonds is 3. The lowest BCUT2D eigenvalue weighted by atomic mass is 11.4. The van der Waals surface area contributed by atoms with E-state index in [-0.39, 0.29) is 0 Å². The molecule has 0 aromatic carbocycles. The fraction of sp³-hybridized carbons (Fsp3) is 0.667. The molecule has 7 heavy (non-hydrogen) atoms. The smallest absolute Gasteiger partial charge is 0.0435 e. The van der Waals surface area contributed by atoms with Gasteiger partial charge < -0.3 is 0 Å². The summed E-state index contributed by atoms with van der Waals surface area (Å²) in [6.07, 6.45) is 0. The van der Waals surface area contributed by atoms with Crippen molar-refractivity contribution in [2.24, 2.45) is 5.10 Å². The first-order chi connectivity index (χ1) is 3.31. The van der Waals surface area contributed by atoms with Crippen LogP contribution in [0.5, 0.6) is 0 Å². The summed E-state index contributed by atoms with van der Waals surface area (Å²) in [4.78, 5) is 0. The molecule has 0 unspecified atom stereocenters. The zero-order chi connectivity index (χ0) is 5.70. The van der Waals surface area contributed by atoms with Crippen LogP contribution in [-0.4, -0.2) is 25.9 Å². The molecule has 0 spiro atoms. The molecule has 0 saturated carbocycles. The Bertz CT molecular complexity index is 52.9. The fourth-order valence-corrected chi connectivity index (χ4v) is 0.197. The molecule has 0 aliphatic rings. The Balaban J connectivity index is 2.98. The summed E-state index contributed by atoms with van der Waals surface area (Å²) in [5.41, 5.74) is 5.31. The van der Waals surface area contributed by atoms with E-state index in [1.165, 1.54) is 5.12 Å². The van der Waals surface area contributed by atoms with Crippen LogP contribution < -0.4 is 11.0 Å². The number of hydrogen-bond donors (Lipinski definition) is 2. The van der Waals surface area contributed by atoms with E-state index >= 15 is 0 Å². The van der Waals surface area contributed by atoms with Crippen molar-refractivity contribution >= 4 is 6.72 Å². The van der Waals surface area contributed by atoms with Gasteiger partial charge in [-0.15, -0.1) is 0 Å². The second-order valence-corrected chi connectivity index (χ2v) is 1.03. The van der Waals surface area contributed by atoms with Gasteiger partial charge in [0.2, 0.25) is 0 Å². The average Bonchev–Trinajstić information content (AvgIpc) is 1.68. The van der Waals surface area contributed by atoms with Crippen LogP contribution >= 0.6 is 0 Å². The molecular formula is C3H10N4. The van der Waals surface area contributed by atoms with E-state index in [1.807, 2.05) is 0 Å². The van der Waals surface area contributed by atoms with Gasteiger partial charge in [-0.2, -0.15) is 10.6 Å². The van der Waals surface area contributed by atoms with Gasteiger partial charge in [-0.1, -0.05) is 0 Å². The molecule has 4 nitrogen and oxygen atoms in total. The number of nitrogens with zero attached hydrogens (tertiary/aromatic N) is 2. The third-order valence-corrected chi connectivity index (χ3v) is 0.486. The highest BCUT2D eigenvalue weighted by atomic mass is 15.8. The van der Waals surface area contributed by atoms with Gasteiger partial charge >= 0.3 is 0 Å². The molecule has 0 amide bonds. The maximum absolute atomic E-state index is 3.49. The van der Waals surface area contributed by atoms with E-state index in [4.69, 9.17) is 0 Å². The molecule has 0 fully saturated rings. The van der Waals surface area contributed by atoms with Gasteiger partial charge in [-0.05, 0) is 0 Å². The van der Waals surface area contributed by atoms with E-state index in [9.17, 15) is 0 Å². The molecule has 0 radical (unpaired) electrons. The molecule has 0 heterocycles. The van der Waals surface area contributed by atoms with Crippen LogP contribution in [-0.2, 0) is 0 Å². The lowest BCUT2D eigenvalue weighted by molar-refractivity contribution is 0.215. The van der Waals surface area contributed by atoms with Crippen LogP contribution in [0.1, 0.15) is 0 Å². The first-order valence-corrected chi connectivity index (χ1v) is 1.94. The Morgan fingerprint density at radius 3 is 2.43 bits per heavy atom. The van der Waals surface area contributed by atoms with Gasteiger partial charge in [-0.3, -0.25) is 0 Å². The van der Waals surface area contributed by atoms with Gasteiger partial charge in [0.15, 0.2) is 0 Å². The summed E-state index contributed by atoms with van der Waals surface area (Å²) in [5.74, 6) is 0. The molecule has 0 aromatic heterocycles. The minimum atomic E-state index is 1.46. The minimum absolute atomic E-state index is 1.46. The highest BCUT2D eigenvalue weighted by Crippen LogP contribution is 1.63. The lowest BCUT2D eigenvalue weighted by Gasteiger charge is -2.10. The highest BCUT2D eigenvalue weighted by molar-refractivity contribution is 5.22. The third-order valence-electron chi connectivity index (χ3n) is 0.486. The summed E-state index contributed by atoms with van der Waals surface area (Å²) in [6.45, 7) is 3.25. The van der Waals surface area contributed by atoms with Crippen molar-refractivity contribution in [3.63, 3.8) is 0 Å². The Labute approximate surface area is 43.1 Å². The quantitative estimate of drug-likeness (QED) is 0.361. The maximum atomic E-state index is 3.49. The summed E-state index contributed by atoms with van der Waals surface area (Å²) < 4.78 is 0. The molecule has 0 atom stereocenters. The van der Waals surface area contributed by atoms with E-state index in [0.29, 0.717) is 0 Å². The number of nitrogens with one attached hydrogen (secondary N) is 2. The number of hydrazine groups is 2. The molecule has 0 aliphatic carbocycles. The van der Waals surface area contributed by atoms with Gasteiger partial charge in [0.1, 0.15) is 0 Å². The first-order valence-electron chi connectivity index (χ1n) is 1.94. The van der Waals surface area contributed by atoms with Crippen LogP contribution in [0, 0.1) is 0 Å². The molecule has 0 bridgehead atoms. The highest BCUT2D eigenvalue weighted by Gasteiger charge is 1.77. The first kappa shape index (κ1) is 6.39. The second-order valence-electron chi connectivity index (χ2n) is 1.03. The summed E-state index contributed by atoms with van der Waals surface area (Å²) in [6, 6.07) is 0. The molecule has 2 N–H and O–H groups in total. The average molecular weight is 102 g/mol. The Kier molecular flexibility index (Phi) is 3.26. The van der Waals surface area contributed by atoms with E-state index in [0.717, 1.165) is 0 Å². The molecule has 0 aliphatic heterocycles. The molecule has 42 valence electrons. The zero-order valence-corrected chi connectivity index (χ0v) is 4.60. The van der Waals surface area contributed by atoms with Crippen LogP contribution in [0.4, 0.5) is 0 Å². The van der Waals surface area contributed by atoms with Crippen molar-refractivity contribution in [2.45, 2.75) is 0 Å². The lowest BCUT2D eigenvalue weighted by Crippen LogP contribution is -2.38. The van der Waals surface area contributed by atoms with Crippen LogP contribution in [0.3, 0.4) is 0 Å². The third kappa shape index (κ3) is 3.21. The molecule has 4 heteroatoms. The largest absolute Gasteiger partial charge is 0.241 e. The topological polar surface area (TPSA) is 39.7 Å². The van der Waals surface area contributed by atoms with Crippen molar-refractivity contribution in [2.75, 3.05) is 14.1 Å². The van der Waals surface area contributed by atoms with Crippen LogP contribution in [0.2, 0.25) is 0 Å². The summed E-state index contributed by atoms with van der Waals surface area (Å²) in [5, 5.41) is 4.95. The summed E-state index contributed by atoms with van der Waals surface area (Å²) >= 11 is 0.